The zero-order valence-corrected chi connectivity index (χ0v) is 13.2. The molecule has 0 aliphatic carbocycles. The maximum Gasteiger partial charge on any atom is 0.237 e. The highest BCUT2D eigenvalue weighted by molar-refractivity contribution is 5.84. The maximum absolute atomic E-state index is 11.3. The van der Waals surface area contributed by atoms with E-state index in [1.807, 2.05) is 20.8 Å². The van der Waals surface area contributed by atoms with E-state index in [4.69, 9.17) is 10.5 Å². The van der Waals surface area contributed by atoms with Crippen LogP contribution in [0, 0.1) is 0 Å². The van der Waals surface area contributed by atoms with Crippen molar-refractivity contribution < 1.29 is 9.53 Å². The lowest BCUT2D eigenvalue weighted by Crippen LogP contribution is -2.51. The van der Waals surface area contributed by atoms with Gasteiger partial charge in [0.15, 0.2) is 0 Å². The third-order valence-electron chi connectivity index (χ3n) is 3.49. The molecule has 19 heavy (non-hydrogen) atoms. The van der Waals surface area contributed by atoms with E-state index in [1.54, 1.807) is 7.05 Å². The molecule has 0 saturated heterocycles. The third-order valence-corrected chi connectivity index (χ3v) is 3.49. The van der Waals surface area contributed by atoms with E-state index in [9.17, 15) is 4.79 Å². The second-order valence-corrected chi connectivity index (χ2v) is 5.63. The molecule has 114 valence electrons. The largest absolute Gasteiger partial charge is 0.377 e. The smallest absolute Gasteiger partial charge is 0.237 e. The van der Waals surface area contributed by atoms with Gasteiger partial charge >= 0.3 is 0 Å². The molecule has 0 aliphatic heterocycles. The number of hydrogen-bond acceptors (Lipinski definition) is 4. The van der Waals surface area contributed by atoms with Gasteiger partial charge in [0.1, 0.15) is 0 Å². The van der Waals surface area contributed by atoms with E-state index < -0.39 is 5.54 Å². The molecule has 1 unspecified atom stereocenters. The zero-order valence-electron chi connectivity index (χ0n) is 13.2. The molecule has 0 heterocycles. The first-order chi connectivity index (χ1) is 8.81. The summed E-state index contributed by atoms with van der Waals surface area (Å²) in [6, 6.07) is 0. The summed E-state index contributed by atoms with van der Waals surface area (Å²) in [6.07, 6.45) is 3.10. The number of likely N-dealkylation sites (N-methyl/N-ethyl adjacent to an activating group) is 2. The molecule has 5 heteroatoms. The summed E-state index contributed by atoms with van der Waals surface area (Å²) in [5, 5.41) is 3.00. The number of amides is 1. The van der Waals surface area contributed by atoms with Gasteiger partial charge in [0.25, 0.3) is 0 Å². The molecular weight excluding hydrogens is 242 g/mol. The Morgan fingerprint density at radius 1 is 1.37 bits per heavy atom. The first-order valence-electron chi connectivity index (χ1n) is 7.11. The molecule has 0 fully saturated rings. The van der Waals surface area contributed by atoms with Crippen molar-refractivity contribution in [2.24, 2.45) is 5.73 Å². The number of ether oxygens (including phenoxy) is 1. The van der Waals surface area contributed by atoms with Crippen LogP contribution in [-0.4, -0.2) is 56.2 Å². The number of nitrogens with zero attached hydrogens (tertiary/aromatic N) is 1. The fourth-order valence-corrected chi connectivity index (χ4v) is 1.79. The predicted molar refractivity (Wildman–Crippen MR) is 79.1 cm³/mol. The van der Waals surface area contributed by atoms with Crippen molar-refractivity contribution in [2.75, 3.05) is 33.8 Å². The summed E-state index contributed by atoms with van der Waals surface area (Å²) in [6.45, 7) is 8.67. The van der Waals surface area contributed by atoms with Gasteiger partial charge in [-0.15, -0.1) is 0 Å². The molecule has 0 aromatic rings. The zero-order chi connectivity index (χ0) is 14.9. The number of nitrogens with one attached hydrogen (secondary N) is 1. The SMILES string of the molecule is CNC(C)(CCCCN(C)CCOC(C)C)C(N)=O. The normalized spacial score (nSPS) is 14.9. The van der Waals surface area contributed by atoms with Gasteiger partial charge < -0.3 is 20.7 Å². The Morgan fingerprint density at radius 3 is 2.47 bits per heavy atom. The standard InChI is InChI=1S/C14H31N3O2/c1-12(2)19-11-10-17(5)9-7-6-8-14(3,16-4)13(15)18/h12,16H,6-11H2,1-5H3,(H2,15,18). The van der Waals surface area contributed by atoms with Crippen molar-refractivity contribution in [3.8, 4) is 0 Å². The van der Waals surface area contributed by atoms with E-state index in [0.29, 0.717) is 6.10 Å². The minimum Gasteiger partial charge on any atom is -0.377 e. The second kappa shape index (κ2) is 9.28. The van der Waals surface area contributed by atoms with Crippen molar-refractivity contribution >= 4 is 5.91 Å². The maximum atomic E-state index is 11.3. The van der Waals surface area contributed by atoms with Crippen LogP contribution in [-0.2, 0) is 9.53 Å². The summed E-state index contributed by atoms with van der Waals surface area (Å²) in [5.74, 6) is -0.284. The summed E-state index contributed by atoms with van der Waals surface area (Å²) in [5.41, 5.74) is 4.81. The summed E-state index contributed by atoms with van der Waals surface area (Å²) < 4.78 is 5.51. The lowest BCUT2D eigenvalue weighted by atomic mass is 9.94. The lowest BCUT2D eigenvalue weighted by Gasteiger charge is -2.25. The number of nitrogens with two attached hydrogens (primary N) is 1. The monoisotopic (exact) mass is 273 g/mol. The Morgan fingerprint density at radius 2 is 2.00 bits per heavy atom. The molecule has 3 N–H and O–H groups in total. The molecule has 5 nitrogen and oxygen atoms in total. The van der Waals surface area contributed by atoms with Crippen molar-refractivity contribution in [2.45, 2.75) is 51.7 Å². The van der Waals surface area contributed by atoms with E-state index >= 15 is 0 Å². The van der Waals surface area contributed by atoms with Gasteiger partial charge in [-0.2, -0.15) is 0 Å². The van der Waals surface area contributed by atoms with Crippen LogP contribution in [0.15, 0.2) is 0 Å². The predicted octanol–water partition coefficient (Wildman–Crippen LogP) is 0.977. The van der Waals surface area contributed by atoms with Crippen molar-refractivity contribution in [3.63, 3.8) is 0 Å². The number of hydrogen-bond donors (Lipinski definition) is 2. The number of primary amides is 1. The Labute approximate surface area is 117 Å². The first kappa shape index (κ1) is 18.4. The molecule has 1 atom stereocenters. The molecule has 0 aliphatic rings. The van der Waals surface area contributed by atoms with Crippen LogP contribution in [0.4, 0.5) is 0 Å². The lowest BCUT2D eigenvalue weighted by molar-refractivity contribution is -0.123. The average Bonchev–Trinajstić information content (AvgIpc) is 2.33. The van der Waals surface area contributed by atoms with Gasteiger partial charge in [0.2, 0.25) is 5.91 Å². The Hall–Kier alpha value is -0.650. The highest BCUT2D eigenvalue weighted by atomic mass is 16.5. The van der Waals surface area contributed by atoms with E-state index in [0.717, 1.165) is 39.0 Å². The molecule has 0 bridgehead atoms. The van der Waals surface area contributed by atoms with E-state index in [1.165, 1.54) is 0 Å². The van der Waals surface area contributed by atoms with E-state index in [2.05, 4.69) is 17.3 Å². The van der Waals surface area contributed by atoms with Crippen LogP contribution in [0.2, 0.25) is 0 Å². The van der Waals surface area contributed by atoms with Crippen LogP contribution in [0.25, 0.3) is 0 Å². The van der Waals surface area contributed by atoms with Crippen LogP contribution in [0.1, 0.15) is 40.0 Å². The molecule has 0 aromatic carbocycles. The van der Waals surface area contributed by atoms with E-state index in [-0.39, 0.29) is 5.91 Å². The minimum absolute atomic E-state index is 0.284. The molecular formula is C14H31N3O2. The van der Waals surface area contributed by atoms with Gasteiger partial charge in [-0.3, -0.25) is 4.79 Å². The quantitative estimate of drug-likeness (QED) is 0.551. The van der Waals surface area contributed by atoms with Crippen molar-refractivity contribution in [1.29, 1.82) is 0 Å². The average molecular weight is 273 g/mol. The topological polar surface area (TPSA) is 67.6 Å². The van der Waals surface area contributed by atoms with Gasteiger partial charge in [0.05, 0.1) is 18.2 Å². The Balaban J connectivity index is 3.70. The van der Waals surface area contributed by atoms with Gasteiger partial charge in [-0.25, -0.2) is 0 Å². The third kappa shape index (κ3) is 8.18. The van der Waals surface area contributed by atoms with Crippen LogP contribution in [0.3, 0.4) is 0 Å². The highest BCUT2D eigenvalue weighted by Gasteiger charge is 2.27. The molecule has 0 saturated carbocycles. The molecule has 0 rings (SSSR count). The van der Waals surface area contributed by atoms with Gasteiger partial charge in [-0.1, -0.05) is 0 Å². The molecule has 1 amide bonds. The van der Waals surface area contributed by atoms with Crippen LogP contribution < -0.4 is 11.1 Å². The van der Waals surface area contributed by atoms with Crippen molar-refractivity contribution in [3.05, 3.63) is 0 Å². The highest BCUT2D eigenvalue weighted by Crippen LogP contribution is 2.12. The molecule has 0 spiro atoms. The Kier molecular flexibility index (Phi) is 8.97. The summed E-state index contributed by atoms with van der Waals surface area (Å²) in [4.78, 5) is 13.6. The fraction of sp³-hybridized carbons (Fsp3) is 0.929. The van der Waals surface area contributed by atoms with Crippen molar-refractivity contribution in [1.82, 2.24) is 10.2 Å². The Bertz CT molecular complexity index is 259. The summed E-state index contributed by atoms with van der Waals surface area (Å²) >= 11 is 0. The first-order valence-corrected chi connectivity index (χ1v) is 7.11. The molecule has 0 aromatic heterocycles. The van der Waals surface area contributed by atoms with Gasteiger partial charge in [-0.05, 0) is 60.7 Å². The van der Waals surface area contributed by atoms with Crippen LogP contribution >= 0.6 is 0 Å². The second-order valence-electron chi connectivity index (χ2n) is 5.63. The molecule has 0 radical (unpaired) electrons. The fourth-order valence-electron chi connectivity index (χ4n) is 1.79. The van der Waals surface area contributed by atoms with Crippen LogP contribution in [0.5, 0.6) is 0 Å². The number of carbonyl (C=O) groups is 1. The minimum atomic E-state index is -0.584. The van der Waals surface area contributed by atoms with Gasteiger partial charge in [0, 0.05) is 6.54 Å². The summed E-state index contributed by atoms with van der Waals surface area (Å²) in [7, 11) is 3.87. The number of rotatable bonds is 11. The number of unbranched alkanes of at least 4 members (excludes halogenated alkanes) is 1. The number of carbonyl (C=O) groups excluding carboxylic acids is 1.